The number of aryl methyl sites for hydroxylation is 1. The lowest BCUT2D eigenvalue weighted by atomic mass is 10.3. The Balaban J connectivity index is 2.29. The standard InChI is InChI=1S/C13H14FN3O2/c1-3-10-12(14)13(17-7-16-10)19-8-4-5-11(18-2)9(15)6-8/h4-7H,3,15H2,1-2H3. The highest BCUT2D eigenvalue weighted by Crippen LogP contribution is 2.29. The van der Waals surface area contributed by atoms with Crippen molar-refractivity contribution in [1.82, 2.24) is 9.97 Å². The van der Waals surface area contributed by atoms with Crippen molar-refractivity contribution in [2.24, 2.45) is 0 Å². The first kappa shape index (κ1) is 13.1. The average Bonchev–Trinajstić information content (AvgIpc) is 2.41. The first-order valence-corrected chi connectivity index (χ1v) is 5.76. The van der Waals surface area contributed by atoms with Crippen molar-refractivity contribution in [3.05, 3.63) is 36.0 Å². The van der Waals surface area contributed by atoms with E-state index in [1.807, 2.05) is 0 Å². The molecule has 0 saturated carbocycles. The van der Waals surface area contributed by atoms with Crippen molar-refractivity contribution in [3.8, 4) is 17.4 Å². The molecule has 1 aromatic heterocycles. The summed E-state index contributed by atoms with van der Waals surface area (Å²) < 4.78 is 24.3. The van der Waals surface area contributed by atoms with E-state index in [0.717, 1.165) is 0 Å². The third-order valence-electron chi connectivity index (χ3n) is 2.58. The molecule has 19 heavy (non-hydrogen) atoms. The molecule has 5 nitrogen and oxygen atoms in total. The lowest BCUT2D eigenvalue weighted by Gasteiger charge is -2.09. The van der Waals surface area contributed by atoms with Crippen molar-refractivity contribution >= 4 is 5.69 Å². The minimum absolute atomic E-state index is 0.114. The van der Waals surface area contributed by atoms with E-state index in [1.54, 1.807) is 25.1 Å². The summed E-state index contributed by atoms with van der Waals surface area (Å²) >= 11 is 0. The Hall–Kier alpha value is -2.37. The van der Waals surface area contributed by atoms with Gasteiger partial charge in [0.2, 0.25) is 5.82 Å². The average molecular weight is 263 g/mol. The first-order valence-electron chi connectivity index (χ1n) is 5.76. The summed E-state index contributed by atoms with van der Waals surface area (Å²) in [5.41, 5.74) is 6.47. The predicted octanol–water partition coefficient (Wildman–Crippen LogP) is 2.56. The molecule has 0 atom stereocenters. The SMILES string of the molecule is CCc1ncnc(Oc2ccc(OC)c(N)c2)c1F. The topological polar surface area (TPSA) is 70.3 Å². The smallest absolute Gasteiger partial charge is 0.259 e. The number of hydrogen-bond acceptors (Lipinski definition) is 5. The third kappa shape index (κ3) is 2.73. The zero-order valence-electron chi connectivity index (χ0n) is 10.7. The molecule has 0 unspecified atom stereocenters. The molecule has 0 bridgehead atoms. The van der Waals surface area contributed by atoms with Crippen LogP contribution >= 0.6 is 0 Å². The third-order valence-corrected chi connectivity index (χ3v) is 2.58. The Morgan fingerprint density at radius 2 is 2.11 bits per heavy atom. The number of aromatic nitrogens is 2. The number of ether oxygens (including phenoxy) is 2. The van der Waals surface area contributed by atoms with Crippen LogP contribution < -0.4 is 15.2 Å². The van der Waals surface area contributed by atoms with Crippen LogP contribution in [0.3, 0.4) is 0 Å². The van der Waals surface area contributed by atoms with Gasteiger partial charge in [0.05, 0.1) is 18.5 Å². The van der Waals surface area contributed by atoms with E-state index in [-0.39, 0.29) is 5.88 Å². The van der Waals surface area contributed by atoms with Gasteiger partial charge >= 0.3 is 0 Å². The summed E-state index contributed by atoms with van der Waals surface area (Å²) in [6, 6.07) is 4.82. The number of halogens is 1. The number of nitrogens with two attached hydrogens (primary N) is 1. The summed E-state index contributed by atoms with van der Waals surface area (Å²) in [5, 5.41) is 0. The second-order valence-electron chi connectivity index (χ2n) is 3.80. The van der Waals surface area contributed by atoms with Gasteiger partial charge in [-0.2, -0.15) is 9.37 Å². The molecular weight excluding hydrogens is 249 g/mol. The van der Waals surface area contributed by atoms with Gasteiger partial charge in [-0.1, -0.05) is 6.92 Å². The molecule has 2 N–H and O–H groups in total. The molecule has 0 aliphatic carbocycles. The second-order valence-corrected chi connectivity index (χ2v) is 3.80. The van der Waals surface area contributed by atoms with Crippen LogP contribution in [0.1, 0.15) is 12.6 Å². The predicted molar refractivity (Wildman–Crippen MR) is 68.8 cm³/mol. The Kier molecular flexibility index (Phi) is 3.79. The van der Waals surface area contributed by atoms with Gasteiger partial charge in [-0.15, -0.1) is 0 Å². The highest BCUT2D eigenvalue weighted by atomic mass is 19.1. The van der Waals surface area contributed by atoms with Gasteiger partial charge in [-0.05, 0) is 18.6 Å². The molecule has 0 radical (unpaired) electrons. The molecule has 0 saturated heterocycles. The molecule has 1 aromatic carbocycles. The van der Waals surface area contributed by atoms with E-state index in [4.69, 9.17) is 15.2 Å². The zero-order chi connectivity index (χ0) is 13.8. The largest absolute Gasteiger partial charge is 0.495 e. The van der Waals surface area contributed by atoms with Crippen LogP contribution in [-0.2, 0) is 6.42 Å². The highest BCUT2D eigenvalue weighted by Gasteiger charge is 2.12. The minimum Gasteiger partial charge on any atom is -0.495 e. The zero-order valence-corrected chi connectivity index (χ0v) is 10.7. The number of rotatable bonds is 4. The van der Waals surface area contributed by atoms with Gasteiger partial charge in [-0.3, -0.25) is 0 Å². The number of nitrogens with zero attached hydrogens (tertiary/aromatic N) is 2. The fourth-order valence-electron chi connectivity index (χ4n) is 1.59. The van der Waals surface area contributed by atoms with E-state index in [9.17, 15) is 4.39 Å². The summed E-state index contributed by atoms with van der Waals surface area (Å²) in [6.45, 7) is 1.81. The van der Waals surface area contributed by atoms with Crippen molar-refractivity contribution in [1.29, 1.82) is 0 Å². The highest BCUT2D eigenvalue weighted by molar-refractivity contribution is 5.56. The van der Waals surface area contributed by atoms with Crippen molar-refractivity contribution in [2.45, 2.75) is 13.3 Å². The molecule has 100 valence electrons. The maximum Gasteiger partial charge on any atom is 0.259 e. The maximum atomic E-state index is 13.9. The summed E-state index contributed by atoms with van der Waals surface area (Å²) in [7, 11) is 1.52. The molecule has 6 heteroatoms. The van der Waals surface area contributed by atoms with Gasteiger partial charge in [0.15, 0.2) is 0 Å². The fourth-order valence-corrected chi connectivity index (χ4v) is 1.59. The van der Waals surface area contributed by atoms with Crippen LogP contribution in [0.5, 0.6) is 17.4 Å². The molecule has 0 aliphatic rings. The number of nitrogen functional groups attached to an aromatic ring is 1. The van der Waals surface area contributed by atoms with Crippen LogP contribution in [0.2, 0.25) is 0 Å². The fraction of sp³-hybridized carbons (Fsp3) is 0.231. The Labute approximate surface area is 110 Å². The molecule has 0 amide bonds. The van der Waals surface area contributed by atoms with Crippen molar-refractivity contribution in [2.75, 3.05) is 12.8 Å². The molecule has 2 aromatic rings. The monoisotopic (exact) mass is 263 g/mol. The number of benzene rings is 1. The molecule has 0 fully saturated rings. The van der Waals surface area contributed by atoms with E-state index in [1.165, 1.54) is 13.4 Å². The van der Waals surface area contributed by atoms with Crippen LogP contribution in [0.25, 0.3) is 0 Å². The van der Waals surface area contributed by atoms with E-state index in [2.05, 4.69) is 9.97 Å². The Morgan fingerprint density at radius 1 is 1.32 bits per heavy atom. The quantitative estimate of drug-likeness (QED) is 0.858. The summed E-state index contributed by atoms with van der Waals surface area (Å²) in [5.74, 6) is 0.249. The van der Waals surface area contributed by atoms with Gasteiger partial charge in [0.1, 0.15) is 17.8 Å². The van der Waals surface area contributed by atoms with Crippen LogP contribution in [0.4, 0.5) is 10.1 Å². The van der Waals surface area contributed by atoms with Crippen LogP contribution in [-0.4, -0.2) is 17.1 Å². The Morgan fingerprint density at radius 3 is 2.74 bits per heavy atom. The van der Waals surface area contributed by atoms with Gasteiger partial charge < -0.3 is 15.2 Å². The number of hydrogen-bond donors (Lipinski definition) is 1. The molecule has 0 aliphatic heterocycles. The summed E-state index contributed by atoms with van der Waals surface area (Å²) in [6.07, 6.45) is 1.74. The Bertz CT molecular complexity index is 590. The van der Waals surface area contributed by atoms with Crippen LogP contribution in [0.15, 0.2) is 24.5 Å². The van der Waals surface area contributed by atoms with Crippen molar-refractivity contribution < 1.29 is 13.9 Å². The lowest BCUT2D eigenvalue weighted by Crippen LogP contribution is -2.00. The summed E-state index contributed by atoms with van der Waals surface area (Å²) in [4.78, 5) is 7.61. The number of methoxy groups -OCH3 is 1. The van der Waals surface area contributed by atoms with E-state index >= 15 is 0 Å². The normalized spacial score (nSPS) is 10.3. The molecule has 1 heterocycles. The molecular formula is C13H14FN3O2. The number of anilines is 1. The second kappa shape index (κ2) is 5.51. The lowest BCUT2D eigenvalue weighted by molar-refractivity contribution is 0.406. The van der Waals surface area contributed by atoms with E-state index in [0.29, 0.717) is 29.3 Å². The first-order chi connectivity index (χ1) is 9.15. The van der Waals surface area contributed by atoms with Gasteiger partial charge in [0.25, 0.3) is 5.88 Å². The van der Waals surface area contributed by atoms with Gasteiger partial charge in [-0.25, -0.2) is 4.98 Å². The van der Waals surface area contributed by atoms with Gasteiger partial charge in [0, 0.05) is 6.07 Å². The molecule has 2 rings (SSSR count). The minimum atomic E-state index is -0.556. The molecule has 0 spiro atoms. The maximum absolute atomic E-state index is 13.9. The van der Waals surface area contributed by atoms with Crippen molar-refractivity contribution in [3.63, 3.8) is 0 Å². The van der Waals surface area contributed by atoms with E-state index < -0.39 is 5.82 Å². The van der Waals surface area contributed by atoms with Crippen LogP contribution in [0, 0.1) is 5.82 Å².